The molecule has 106 valence electrons. The van der Waals surface area contributed by atoms with Gasteiger partial charge in [0.25, 0.3) is 0 Å². The SMILES string of the molecule is COC(=O)CCCC#CCC(C(=O)OC)C(=O)OC. The number of esters is 3. The number of carbonyl (C=O) groups excluding carboxylic acids is 3. The molecule has 19 heavy (non-hydrogen) atoms. The lowest BCUT2D eigenvalue weighted by Crippen LogP contribution is -2.26. The van der Waals surface area contributed by atoms with Crippen LogP contribution in [0.3, 0.4) is 0 Å². The van der Waals surface area contributed by atoms with Crippen LogP contribution in [-0.4, -0.2) is 39.2 Å². The van der Waals surface area contributed by atoms with Crippen LogP contribution >= 0.6 is 0 Å². The van der Waals surface area contributed by atoms with Crippen molar-refractivity contribution >= 4 is 17.9 Å². The standard InChI is InChI=1S/C13H18O6/c1-17-11(14)9-7-5-4-6-8-10(12(15)18-2)13(16)19-3/h10H,5,7-9H2,1-3H3. The van der Waals surface area contributed by atoms with Gasteiger partial charge in [0, 0.05) is 19.3 Å². The van der Waals surface area contributed by atoms with E-state index in [1.54, 1.807) is 0 Å². The first kappa shape index (κ1) is 17.0. The fraction of sp³-hybridized carbons (Fsp3) is 0.615. The molecular formula is C13H18O6. The molecular weight excluding hydrogens is 252 g/mol. The van der Waals surface area contributed by atoms with Crippen LogP contribution in [0.1, 0.15) is 25.7 Å². The minimum absolute atomic E-state index is 0.0393. The number of unbranched alkanes of at least 4 members (excludes halogenated alkanes) is 1. The fourth-order valence-electron chi connectivity index (χ4n) is 1.23. The van der Waals surface area contributed by atoms with Gasteiger partial charge in [-0.15, -0.1) is 11.8 Å². The van der Waals surface area contributed by atoms with Crippen LogP contribution in [0, 0.1) is 17.8 Å². The second kappa shape index (κ2) is 9.95. The van der Waals surface area contributed by atoms with E-state index in [-0.39, 0.29) is 12.4 Å². The second-order valence-corrected chi connectivity index (χ2v) is 3.59. The van der Waals surface area contributed by atoms with Crippen molar-refractivity contribution in [2.45, 2.75) is 25.7 Å². The summed E-state index contributed by atoms with van der Waals surface area (Å²) >= 11 is 0. The maximum Gasteiger partial charge on any atom is 0.321 e. The normalized spacial score (nSPS) is 9.26. The molecule has 0 saturated heterocycles. The molecule has 0 amide bonds. The van der Waals surface area contributed by atoms with Crippen LogP contribution < -0.4 is 0 Å². The predicted molar refractivity (Wildman–Crippen MR) is 65.8 cm³/mol. The van der Waals surface area contributed by atoms with Gasteiger partial charge in [-0.1, -0.05) is 0 Å². The topological polar surface area (TPSA) is 78.9 Å². The molecule has 0 spiro atoms. The van der Waals surface area contributed by atoms with Gasteiger partial charge in [0.1, 0.15) is 0 Å². The summed E-state index contributed by atoms with van der Waals surface area (Å²) in [5, 5.41) is 0. The van der Waals surface area contributed by atoms with Crippen LogP contribution in [-0.2, 0) is 28.6 Å². The Morgan fingerprint density at radius 2 is 1.53 bits per heavy atom. The summed E-state index contributed by atoms with van der Waals surface area (Å²) in [5.41, 5.74) is 0. The maximum atomic E-state index is 11.3. The number of hydrogen-bond acceptors (Lipinski definition) is 6. The average Bonchev–Trinajstić information content (AvgIpc) is 2.44. The van der Waals surface area contributed by atoms with Crippen molar-refractivity contribution in [1.29, 1.82) is 0 Å². The number of ether oxygens (including phenoxy) is 3. The van der Waals surface area contributed by atoms with E-state index in [0.717, 1.165) is 0 Å². The Balaban J connectivity index is 4.15. The van der Waals surface area contributed by atoms with E-state index in [2.05, 4.69) is 26.1 Å². The molecule has 0 bridgehead atoms. The largest absolute Gasteiger partial charge is 0.469 e. The molecule has 0 aliphatic carbocycles. The zero-order valence-electron chi connectivity index (χ0n) is 11.4. The highest BCUT2D eigenvalue weighted by Gasteiger charge is 2.27. The smallest absolute Gasteiger partial charge is 0.321 e. The van der Waals surface area contributed by atoms with Gasteiger partial charge in [-0.25, -0.2) is 0 Å². The maximum absolute atomic E-state index is 11.3. The van der Waals surface area contributed by atoms with Crippen molar-refractivity contribution < 1.29 is 28.6 Å². The molecule has 0 fully saturated rings. The molecule has 0 heterocycles. The average molecular weight is 270 g/mol. The van der Waals surface area contributed by atoms with E-state index >= 15 is 0 Å². The number of carbonyl (C=O) groups is 3. The Kier molecular flexibility index (Phi) is 8.88. The molecule has 0 aromatic heterocycles. The Morgan fingerprint density at radius 1 is 0.947 bits per heavy atom. The summed E-state index contributed by atoms with van der Waals surface area (Å²) in [6.45, 7) is 0. The van der Waals surface area contributed by atoms with Crippen molar-refractivity contribution in [1.82, 2.24) is 0 Å². The van der Waals surface area contributed by atoms with Gasteiger partial charge in [0.2, 0.25) is 0 Å². The van der Waals surface area contributed by atoms with E-state index in [1.807, 2.05) is 0 Å². The molecule has 0 atom stereocenters. The summed E-state index contributed by atoms with van der Waals surface area (Å²) in [4.78, 5) is 33.4. The molecule has 0 unspecified atom stereocenters. The first-order valence-corrected chi connectivity index (χ1v) is 5.75. The molecule has 0 rings (SSSR count). The summed E-state index contributed by atoms with van der Waals surface area (Å²) in [6, 6.07) is 0. The highest BCUT2D eigenvalue weighted by atomic mass is 16.5. The van der Waals surface area contributed by atoms with E-state index < -0.39 is 17.9 Å². The lowest BCUT2D eigenvalue weighted by Gasteiger charge is -2.08. The molecule has 6 nitrogen and oxygen atoms in total. The lowest BCUT2D eigenvalue weighted by molar-refractivity contribution is -0.158. The molecule has 0 aromatic carbocycles. The Hall–Kier alpha value is -2.03. The Labute approximate surface area is 112 Å². The second-order valence-electron chi connectivity index (χ2n) is 3.59. The fourth-order valence-corrected chi connectivity index (χ4v) is 1.23. The van der Waals surface area contributed by atoms with Crippen molar-refractivity contribution in [3.63, 3.8) is 0 Å². The Bertz CT molecular complexity index is 360. The quantitative estimate of drug-likeness (QED) is 0.232. The summed E-state index contributed by atoms with van der Waals surface area (Å²) in [7, 11) is 3.72. The van der Waals surface area contributed by atoms with Gasteiger partial charge in [-0.2, -0.15) is 0 Å². The molecule has 0 aliphatic heterocycles. The molecule has 6 heteroatoms. The highest BCUT2D eigenvalue weighted by molar-refractivity contribution is 5.95. The third-order valence-electron chi connectivity index (χ3n) is 2.31. The number of hydrogen-bond donors (Lipinski definition) is 0. The van der Waals surface area contributed by atoms with Crippen molar-refractivity contribution in [2.75, 3.05) is 21.3 Å². The third-order valence-corrected chi connectivity index (χ3v) is 2.31. The zero-order chi connectivity index (χ0) is 14.7. The Morgan fingerprint density at radius 3 is 2.00 bits per heavy atom. The van der Waals surface area contributed by atoms with Gasteiger partial charge in [-0.3, -0.25) is 14.4 Å². The molecule has 0 aromatic rings. The van der Waals surface area contributed by atoms with E-state index in [4.69, 9.17) is 0 Å². The zero-order valence-corrected chi connectivity index (χ0v) is 11.4. The molecule has 0 aliphatic rings. The van der Waals surface area contributed by atoms with E-state index in [9.17, 15) is 14.4 Å². The van der Waals surface area contributed by atoms with Crippen molar-refractivity contribution in [2.24, 2.45) is 5.92 Å². The van der Waals surface area contributed by atoms with E-state index in [1.165, 1.54) is 21.3 Å². The molecule has 0 radical (unpaired) electrons. The first-order valence-electron chi connectivity index (χ1n) is 5.75. The summed E-state index contributed by atoms with van der Waals surface area (Å²) < 4.78 is 13.5. The van der Waals surface area contributed by atoms with Crippen LogP contribution in [0.4, 0.5) is 0 Å². The van der Waals surface area contributed by atoms with Gasteiger partial charge in [0.15, 0.2) is 5.92 Å². The highest BCUT2D eigenvalue weighted by Crippen LogP contribution is 2.07. The number of rotatable bonds is 6. The van der Waals surface area contributed by atoms with Gasteiger partial charge in [0.05, 0.1) is 21.3 Å². The van der Waals surface area contributed by atoms with Crippen LogP contribution in [0.5, 0.6) is 0 Å². The first-order chi connectivity index (χ1) is 9.06. The summed E-state index contributed by atoms with van der Waals surface area (Å²) in [5.74, 6) is 2.83. The van der Waals surface area contributed by atoms with Crippen molar-refractivity contribution in [3.8, 4) is 11.8 Å². The minimum atomic E-state index is -1.02. The molecule has 0 N–H and O–H groups in total. The van der Waals surface area contributed by atoms with Crippen LogP contribution in [0.2, 0.25) is 0 Å². The summed E-state index contributed by atoms with van der Waals surface area (Å²) in [6.07, 6.45) is 1.39. The van der Waals surface area contributed by atoms with Crippen LogP contribution in [0.25, 0.3) is 0 Å². The number of methoxy groups -OCH3 is 3. The van der Waals surface area contributed by atoms with Gasteiger partial charge >= 0.3 is 17.9 Å². The van der Waals surface area contributed by atoms with Gasteiger partial charge in [-0.05, 0) is 6.42 Å². The third kappa shape index (κ3) is 7.09. The van der Waals surface area contributed by atoms with Crippen LogP contribution in [0.15, 0.2) is 0 Å². The monoisotopic (exact) mass is 270 g/mol. The van der Waals surface area contributed by atoms with Gasteiger partial charge < -0.3 is 14.2 Å². The minimum Gasteiger partial charge on any atom is -0.469 e. The van der Waals surface area contributed by atoms with E-state index in [0.29, 0.717) is 19.3 Å². The lowest BCUT2D eigenvalue weighted by atomic mass is 10.1. The molecule has 0 saturated carbocycles. The predicted octanol–water partition coefficient (Wildman–Crippen LogP) is 0.685. The van der Waals surface area contributed by atoms with Crippen molar-refractivity contribution in [3.05, 3.63) is 0 Å².